The van der Waals surface area contributed by atoms with E-state index >= 15 is 0 Å². The van der Waals surface area contributed by atoms with Crippen molar-refractivity contribution in [3.63, 3.8) is 0 Å². The van der Waals surface area contributed by atoms with Gasteiger partial charge in [0.15, 0.2) is 5.82 Å². The average molecular weight is 434 g/mol. The number of aliphatic hydroxyl groups excluding tert-OH is 1. The molecular formula is C24H22N2O6. The van der Waals surface area contributed by atoms with Crippen molar-refractivity contribution in [2.45, 2.75) is 19.9 Å². The lowest BCUT2D eigenvalue weighted by atomic mass is 9.95. The Morgan fingerprint density at radius 3 is 2.50 bits per heavy atom. The highest BCUT2D eigenvalue weighted by Crippen LogP contribution is 2.42. The molecule has 1 aliphatic rings. The fraction of sp³-hybridized carbons (Fsp3) is 0.208. The van der Waals surface area contributed by atoms with Crippen molar-refractivity contribution in [2.75, 3.05) is 18.6 Å². The molecule has 1 fully saturated rings. The third-order valence-electron chi connectivity index (χ3n) is 5.16. The molecule has 0 saturated carbocycles. The molecule has 2 aromatic carbocycles. The van der Waals surface area contributed by atoms with Gasteiger partial charge >= 0.3 is 5.91 Å². The largest absolute Gasteiger partial charge is 0.507 e. The van der Waals surface area contributed by atoms with E-state index in [2.05, 4.69) is 5.16 Å². The Hall–Kier alpha value is -4.07. The van der Waals surface area contributed by atoms with Gasteiger partial charge in [-0.1, -0.05) is 17.3 Å². The van der Waals surface area contributed by atoms with E-state index < -0.39 is 17.7 Å². The highest BCUT2D eigenvalue weighted by molar-refractivity contribution is 6.51. The number of Topliss-reactive ketones (excluding diaryl/α,β-unsaturated/α-hetero) is 1. The summed E-state index contributed by atoms with van der Waals surface area (Å²) in [6.45, 7) is 4.06. The number of aliphatic hydroxyl groups is 1. The second-order valence-electron chi connectivity index (χ2n) is 7.20. The predicted molar refractivity (Wildman–Crippen MR) is 117 cm³/mol. The van der Waals surface area contributed by atoms with Crippen LogP contribution in [0, 0.1) is 6.92 Å². The molecule has 0 bridgehead atoms. The van der Waals surface area contributed by atoms with Crippen LogP contribution in [0.15, 0.2) is 64.7 Å². The summed E-state index contributed by atoms with van der Waals surface area (Å²) in [5.41, 5.74) is 0.917. The number of hydrogen-bond acceptors (Lipinski definition) is 7. The zero-order chi connectivity index (χ0) is 22.8. The molecule has 8 nitrogen and oxygen atoms in total. The van der Waals surface area contributed by atoms with Crippen LogP contribution >= 0.6 is 0 Å². The first-order valence-corrected chi connectivity index (χ1v) is 10.1. The van der Waals surface area contributed by atoms with Gasteiger partial charge in [-0.25, -0.2) is 0 Å². The molecule has 1 N–H and O–H groups in total. The summed E-state index contributed by atoms with van der Waals surface area (Å²) < 4.78 is 15.9. The summed E-state index contributed by atoms with van der Waals surface area (Å²) in [6.07, 6.45) is 0. The van der Waals surface area contributed by atoms with Crippen LogP contribution in [0.2, 0.25) is 0 Å². The number of rotatable bonds is 6. The lowest BCUT2D eigenvalue weighted by Crippen LogP contribution is -2.29. The zero-order valence-electron chi connectivity index (χ0n) is 17.9. The molecule has 164 valence electrons. The lowest BCUT2D eigenvalue weighted by molar-refractivity contribution is -0.132. The van der Waals surface area contributed by atoms with Gasteiger partial charge in [-0.2, -0.15) is 0 Å². The Morgan fingerprint density at radius 1 is 1.12 bits per heavy atom. The number of ketones is 1. The summed E-state index contributed by atoms with van der Waals surface area (Å²) in [5, 5.41) is 15.0. The molecule has 1 amide bonds. The Kier molecular flexibility index (Phi) is 5.68. The van der Waals surface area contributed by atoms with Gasteiger partial charge < -0.3 is 19.1 Å². The lowest BCUT2D eigenvalue weighted by Gasteiger charge is -2.23. The normalized spacial score (nSPS) is 17.6. The highest BCUT2D eigenvalue weighted by atomic mass is 16.5. The SMILES string of the molecule is CCOc1ccc(C(O)=C2C(=O)C(=O)N(c3cc(C)on3)C2c2cccc(OC)c2)cc1. The number of nitrogens with zero attached hydrogens (tertiary/aromatic N) is 2. The second kappa shape index (κ2) is 8.58. The molecule has 32 heavy (non-hydrogen) atoms. The molecule has 1 aromatic heterocycles. The minimum absolute atomic E-state index is 0.0481. The van der Waals surface area contributed by atoms with Crippen LogP contribution in [-0.4, -0.2) is 35.7 Å². The number of aromatic nitrogens is 1. The Bertz CT molecular complexity index is 1200. The number of ether oxygens (including phenoxy) is 2. The molecule has 1 atom stereocenters. The Labute approximate surface area is 184 Å². The van der Waals surface area contributed by atoms with E-state index in [9.17, 15) is 14.7 Å². The van der Waals surface area contributed by atoms with Gasteiger partial charge in [-0.05, 0) is 55.8 Å². The molecule has 0 aliphatic carbocycles. The molecule has 0 radical (unpaired) electrons. The molecule has 1 aliphatic heterocycles. The van der Waals surface area contributed by atoms with Crippen LogP contribution < -0.4 is 14.4 Å². The van der Waals surface area contributed by atoms with Crippen molar-refractivity contribution in [2.24, 2.45) is 0 Å². The van der Waals surface area contributed by atoms with Crippen molar-refractivity contribution in [3.8, 4) is 11.5 Å². The first kappa shape index (κ1) is 21.2. The van der Waals surface area contributed by atoms with E-state index in [1.165, 1.54) is 12.0 Å². The van der Waals surface area contributed by atoms with Gasteiger partial charge in [0.2, 0.25) is 0 Å². The van der Waals surface area contributed by atoms with Gasteiger partial charge in [-0.3, -0.25) is 14.5 Å². The third-order valence-corrected chi connectivity index (χ3v) is 5.16. The highest BCUT2D eigenvalue weighted by Gasteiger charge is 2.48. The number of carbonyl (C=O) groups is 2. The van der Waals surface area contributed by atoms with Crippen LogP contribution in [0.5, 0.6) is 11.5 Å². The first-order chi connectivity index (χ1) is 15.4. The summed E-state index contributed by atoms with van der Waals surface area (Å²) in [5.74, 6) is -0.0659. The minimum Gasteiger partial charge on any atom is -0.507 e. The Balaban J connectivity index is 1.89. The maximum Gasteiger partial charge on any atom is 0.301 e. The number of amides is 1. The number of aryl methyl sites for hydroxylation is 1. The fourth-order valence-corrected chi connectivity index (χ4v) is 3.69. The molecular weight excluding hydrogens is 412 g/mol. The number of carbonyl (C=O) groups excluding carboxylic acids is 2. The number of benzene rings is 2. The van der Waals surface area contributed by atoms with Gasteiger partial charge in [0.05, 0.1) is 25.3 Å². The van der Waals surface area contributed by atoms with E-state index in [1.54, 1.807) is 61.5 Å². The molecule has 3 aromatic rings. The number of anilines is 1. The standard InChI is InChI=1S/C24H22N2O6/c1-4-31-17-10-8-15(9-11-17)22(27)20-21(16-6-5-7-18(13-16)30-3)26(24(29)23(20)28)19-12-14(2)32-25-19/h5-13,21,27H,4H2,1-3H3. The number of methoxy groups -OCH3 is 1. The average Bonchev–Trinajstić information content (AvgIpc) is 3.34. The van der Waals surface area contributed by atoms with Crippen LogP contribution in [0.1, 0.15) is 29.9 Å². The minimum atomic E-state index is -0.916. The topological polar surface area (TPSA) is 102 Å². The summed E-state index contributed by atoms with van der Waals surface area (Å²) in [7, 11) is 1.52. The smallest absolute Gasteiger partial charge is 0.301 e. The first-order valence-electron chi connectivity index (χ1n) is 10.1. The quantitative estimate of drug-likeness (QED) is 0.355. The van der Waals surface area contributed by atoms with Gasteiger partial charge in [0, 0.05) is 11.6 Å². The van der Waals surface area contributed by atoms with Crippen LogP contribution in [0.25, 0.3) is 5.76 Å². The third kappa shape index (κ3) is 3.71. The van der Waals surface area contributed by atoms with E-state index in [-0.39, 0.29) is 17.2 Å². The molecule has 0 spiro atoms. The van der Waals surface area contributed by atoms with E-state index in [0.29, 0.717) is 35.0 Å². The van der Waals surface area contributed by atoms with Crippen molar-refractivity contribution >= 4 is 23.3 Å². The maximum atomic E-state index is 13.1. The van der Waals surface area contributed by atoms with Crippen molar-refractivity contribution in [1.82, 2.24) is 5.16 Å². The van der Waals surface area contributed by atoms with Crippen molar-refractivity contribution in [3.05, 3.63) is 77.1 Å². The van der Waals surface area contributed by atoms with Crippen LogP contribution in [0.4, 0.5) is 5.82 Å². The molecule has 8 heteroatoms. The Morgan fingerprint density at radius 2 is 1.88 bits per heavy atom. The monoisotopic (exact) mass is 434 g/mol. The predicted octanol–water partition coefficient (Wildman–Crippen LogP) is 4.02. The maximum absolute atomic E-state index is 13.1. The molecule has 1 saturated heterocycles. The number of hydrogen-bond donors (Lipinski definition) is 1. The molecule has 1 unspecified atom stereocenters. The zero-order valence-corrected chi connectivity index (χ0v) is 17.9. The van der Waals surface area contributed by atoms with E-state index in [1.807, 2.05) is 6.92 Å². The summed E-state index contributed by atoms with van der Waals surface area (Å²) in [6, 6.07) is 14.3. The summed E-state index contributed by atoms with van der Waals surface area (Å²) >= 11 is 0. The second-order valence-corrected chi connectivity index (χ2v) is 7.20. The van der Waals surface area contributed by atoms with Crippen LogP contribution in [0.3, 0.4) is 0 Å². The van der Waals surface area contributed by atoms with E-state index in [4.69, 9.17) is 14.0 Å². The van der Waals surface area contributed by atoms with Gasteiger partial charge in [0.25, 0.3) is 5.78 Å². The van der Waals surface area contributed by atoms with Crippen molar-refractivity contribution in [1.29, 1.82) is 0 Å². The van der Waals surface area contributed by atoms with Crippen LogP contribution in [-0.2, 0) is 9.59 Å². The van der Waals surface area contributed by atoms with Crippen molar-refractivity contribution < 1.29 is 28.7 Å². The van der Waals surface area contributed by atoms with E-state index in [0.717, 1.165) is 0 Å². The molecule has 2 heterocycles. The molecule has 4 rings (SSSR count). The fourth-order valence-electron chi connectivity index (χ4n) is 3.69. The summed E-state index contributed by atoms with van der Waals surface area (Å²) in [4.78, 5) is 27.4. The van der Waals surface area contributed by atoms with Gasteiger partial charge in [0.1, 0.15) is 23.0 Å². The van der Waals surface area contributed by atoms with Gasteiger partial charge in [-0.15, -0.1) is 0 Å².